The molecule has 2 aliphatic rings. The molecule has 1 saturated carbocycles. The maximum absolute atomic E-state index is 12.9. The third kappa shape index (κ3) is 6.07. The number of rotatable bonds is 10. The summed E-state index contributed by atoms with van der Waals surface area (Å²) in [4.78, 5) is 9.13. The van der Waals surface area contributed by atoms with Gasteiger partial charge in [0.05, 0.1) is 19.4 Å². The fourth-order valence-electron chi connectivity index (χ4n) is 5.34. The number of benzene rings is 1. The summed E-state index contributed by atoms with van der Waals surface area (Å²) in [6.07, 6.45) is 8.06. The highest BCUT2D eigenvalue weighted by Crippen LogP contribution is 2.51. The molecule has 184 valence electrons. The highest BCUT2D eigenvalue weighted by Gasteiger charge is 2.38. The van der Waals surface area contributed by atoms with Gasteiger partial charge in [-0.2, -0.15) is 4.98 Å². The van der Waals surface area contributed by atoms with Crippen molar-refractivity contribution in [2.24, 2.45) is 17.8 Å². The highest BCUT2D eigenvalue weighted by atomic mass is 31.2. The lowest BCUT2D eigenvalue weighted by Crippen LogP contribution is -2.43. The van der Waals surface area contributed by atoms with Crippen LogP contribution in [0.1, 0.15) is 52.5 Å². The van der Waals surface area contributed by atoms with Crippen molar-refractivity contribution in [3.8, 4) is 0 Å². The van der Waals surface area contributed by atoms with Gasteiger partial charge in [-0.15, -0.1) is 0 Å². The van der Waals surface area contributed by atoms with Gasteiger partial charge >= 0.3 is 7.60 Å². The Bertz CT molecular complexity index is 1050. The molecular formula is C26H37N4O3P. The average molecular weight is 485 g/mol. The molecular weight excluding hydrogens is 447 g/mol. The molecule has 2 N–H and O–H groups in total. The van der Waals surface area contributed by atoms with Gasteiger partial charge in [0.2, 0.25) is 5.95 Å². The van der Waals surface area contributed by atoms with Crippen LogP contribution >= 0.6 is 7.60 Å². The zero-order valence-corrected chi connectivity index (χ0v) is 21.6. The Kier molecular flexibility index (Phi) is 8.07. The number of hydrogen-bond acceptors (Lipinski definition) is 7. The summed E-state index contributed by atoms with van der Waals surface area (Å²) in [5.74, 6) is 3.35. The van der Waals surface area contributed by atoms with Crippen LogP contribution in [0.15, 0.2) is 48.2 Å². The van der Waals surface area contributed by atoms with Crippen LogP contribution in [0, 0.1) is 17.8 Å². The number of nitrogens with zero attached hydrogens (tertiary/aromatic N) is 2. The maximum atomic E-state index is 12.9. The summed E-state index contributed by atoms with van der Waals surface area (Å²) in [6.45, 7) is 8.97. The van der Waals surface area contributed by atoms with E-state index in [0.29, 0.717) is 37.0 Å². The number of anilines is 3. The molecule has 2 aromatic rings. The van der Waals surface area contributed by atoms with E-state index in [1.165, 1.54) is 12.8 Å². The van der Waals surface area contributed by atoms with Crippen LogP contribution in [-0.2, 0) is 19.8 Å². The molecule has 1 aromatic carbocycles. The largest absolute Gasteiger partial charge is 0.367 e. The van der Waals surface area contributed by atoms with E-state index < -0.39 is 7.60 Å². The second-order valence-corrected chi connectivity index (χ2v) is 11.5. The fraction of sp³-hybridized carbons (Fsp3) is 0.538. The third-order valence-electron chi connectivity index (χ3n) is 6.93. The minimum atomic E-state index is -3.16. The molecule has 0 aliphatic heterocycles. The molecule has 4 unspecified atom stereocenters. The minimum Gasteiger partial charge on any atom is -0.367 e. The van der Waals surface area contributed by atoms with E-state index in [9.17, 15) is 4.57 Å². The summed E-state index contributed by atoms with van der Waals surface area (Å²) in [5.41, 5.74) is 3.27. The van der Waals surface area contributed by atoms with Gasteiger partial charge in [-0.3, -0.25) is 4.57 Å². The lowest BCUT2D eigenvalue weighted by Gasteiger charge is -2.44. The van der Waals surface area contributed by atoms with E-state index in [0.717, 1.165) is 29.4 Å². The Labute approximate surface area is 203 Å². The van der Waals surface area contributed by atoms with Crippen LogP contribution in [0.2, 0.25) is 0 Å². The minimum absolute atomic E-state index is 0.225. The van der Waals surface area contributed by atoms with Gasteiger partial charge in [-0.05, 0) is 81.5 Å². The van der Waals surface area contributed by atoms with Crippen molar-refractivity contribution in [1.82, 2.24) is 9.97 Å². The van der Waals surface area contributed by atoms with Crippen molar-refractivity contribution in [3.63, 3.8) is 0 Å². The first-order valence-electron chi connectivity index (χ1n) is 12.4. The predicted octanol–water partition coefficient (Wildman–Crippen LogP) is 6.78. The van der Waals surface area contributed by atoms with E-state index >= 15 is 0 Å². The summed E-state index contributed by atoms with van der Waals surface area (Å²) in [7, 11) is -3.16. The number of nitrogens with one attached hydrogen (secondary N) is 2. The predicted molar refractivity (Wildman–Crippen MR) is 137 cm³/mol. The number of allylic oxidation sites excluding steroid dienone is 2. The molecule has 1 heterocycles. The molecule has 0 amide bonds. The summed E-state index contributed by atoms with van der Waals surface area (Å²) in [5, 5.41) is 7.00. The zero-order valence-electron chi connectivity index (χ0n) is 20.7. The van der Waals surface area contributed by atoms with E-state index in [4.69, 9.17) is 14.0 Å². The fourth-order valence-corrected chi connectivity index (χ4v) is 7.03. The summed E-state index contributed by atoms with van der Waals surface area (Å²) < 4.78 is 23.8. The Morgan fingerprint density at radius 1 is 1.15 bits per heavy atom. The number of hydrogen-bond donors (Lipinski definition) is 2. The molecule has 8 heteroatoms. The molecule has 4 atom stereocenters. The van der Waals surface area contributed by atoms with Crippen LogP contribution in [0.5, 0.6) is 0 Å². The van der Waals surface area contributed by atoms with Crippen molar-refractivity contribution >= 4 is 25.0 Å². The van der Waals surface area contributed by atoms with Crippen molar-refractivity contribution in [2.75, 3.05) is 23.8 Å². The van der Waals surface area contributed by atoms with Gasteiger partial charge in [0.15, 0.2) is 0 Å². The van der Waals surface area contributed by atoms with Crippen LogP contribution in [0.4, 0.5) is 17.5 Å². The van der Waals surface area contributed by atoms with Gasteiger partial charge in [0.25, 0.3) is 0 Å². The number of aromatic nitrogens is 2. The van der Waals surface area contributed by atoms with E-state index in [2.05, 4.69) is 35.5 Å². The Balaban J connectivity index is 1.44. The first-order chi connectivity index (χ1) is 16.4. The molecule has 2 aliphatic carbocycles. The lowest BCUT2D eigenvalue weighted by atomic mass is 9.66. The molecule has 7 nitrogen and oxygen atoms in total. The van der Waals surface area contributed by atoms with Crippen molar-refractivity contribution < 1.29 is 13.6 Å². The molecule has 34 heavy (non-hydrogen) atoms. The standard InChI is InChI=1S/C26H37N4O3P/c1-5-32-34(31,33-6-2)17-20-8-7-9-23(15-20)28-26-27-13-12-24(30-26)29-25-19(4)14-22-16-21(25)11-10-18(22)3/h7-10,12-13,15,19,21-22,25H,5-6,11,14,16-17H2,1-4H3,(H2,27,28,29,30). The van der Waals surface area contributed by atoms with Crippen molar-refractivity contribution in [3.05, 3.63) is 53.7 Å². The third-order valence-corrected chi connectivity index (χ3v) is 8.99. The van der Waals surface area contributed by atoms with Crippen LogP contribution in [-0.4, -0.2) is 29.2 Å². The molecule has 2 bridgehead atoms. The smallest absolute Gasteiger partial charge is 0.335 e. The second-order valence-electron chi connectivity index (χ2n) is 9.46. The normalized spacial score (nSPS) is 24.4. The maximum Gasteiger partial charge on any atom is 0.335 e. The first kappa shape index (κ1) is 24.9. The lowest BCUT2D eigenvalue weighted by molar-refractivity contribution is 0.193. The Hall–Kier alpha value is -2.21. The van der Waals surface area contributed by atoms with Crippen molar-refractivity contribution in [1.29, 1.82) is 0 Å². The number of fused-ring (bicyclic) bond motifs is 2. The van der Waals surface area contributed by atoms with Gasteiger partial charge in [0.1, 0.15) is 5.82 Å². The van der Waals surface area contributed by atoms with E-state index in [-0.39, 0.29) is 6.16 Å². The van der Waals surface area contributed by atoms with Gasteiger partial charge in [-0.1, -0.05) is 30.7 Å². The summed E-state index contributed by atoms with van der Waals surface area (Å²) >= 11 is 0. The molecule has 1 aromatic heterocycles. The summed E-state index contributed by atoms with van der Waals surface area (Å²) in [6, 6.07) is 10.1. The van der Waals surface area contributed by atoms with E-state index in [1.54, 1.807) is 11.8 Å². The molecule has 1 fully saturated rings. The highest BCUT2D eigenvalue weighted by molar-refractivity contribution is 7.53. The van der Waals surface area contributed by atoms with Crippen molar-refractivity contribution in [2.45, 2.75) is 59.2 Å². The monoisotopic (exact) mass is 484 g/mol. The molecule has 0 radical (unpaired) electrons. The SMILES string of the molecule is CCOP(=O)(Cc1cccc(Nc2nccc(NC3C(C)CC4CC3CC=C4C)n2)c1)OCC. The topological polar surface area (TPSA) is 85.4 Å². The Morgan fingerprint density at radius 3 is 2.71 bits per heavy atom. The van der Waals surface area contributed by atoms with Gasteiger partial charge in [-0.25, -0.2) is 4.98 Å². The van der Waals surface area contributed by atoms with Gasteiger partial charge in [0, 0.05) is 17.9 Å². The Morgan fingerprint density at radius 2 is 1.94 bits per heavy atom. The van der Waals surface area contributed by atoms with E-state index in [1.807, 2.05) is 44.2 Å². The van der Waals surface area contributed by atoms with Crippen LogP contribution < -0.4 is 10.6 Å². The molecule has 4 rings (SSSR count). The first-order valence-corrected chi connectivity index (χ1v) is 14.1. The average Bonchev–Trinajstić information content (AvgIpc) is 2.79. The molecule has 0 saturated heterocycles. The van der Waals surface area contributed by atoms with Gasteiger partial charge < -0.3 is 19.7 Å². The quantitative estimate of drug-likeness (QED) is 0.284. The zero-order chi connectivity index (χ0) is 24.1. The van der Waals surface area contributed by atoms with Crippen LogP contribution in [0.25, 0.3) is 0 Å². The molecule has 0 spiro atoms. The van der Waals surface area contributed by atoms with Crippen LogP contribution in [0.3, 0.4) is 0 Å². The second kappa shape index (κ2) is 11.0.